The topological polar surface area (TPSA) is 147 Å². The summed E-state index contributed by atoms with van der Waals surface area (Å²) in [6, 6.07) is 8.62. The van der Waals surface area contributed by atoms with Gasteiger partial charge in [0.25, 0.3) is 0 Å². The lowest BCUT2D eigenvalue weighted by atomic mass is 10.1. The minimum Gasteiger partial charge on any atom is -0.452 e. The molecule has 4 rings (SSSR count). The molecule has 0 radical (unpaired) electrons. The van der Waals surface area contributed by atoms with E-state index in [1.807, 2.05) is 31.3 Å². The second-order valence-electron chi connectivity index (χ2n) is 8.44. The van der Waals surface area contributed by atoms with E-state index in [0.717, 1.165) is 0 Å². The Bertz CT molecular complexity index is 1190. The molecule has 1 amide bonds. The minimum absolute atomic E-state index is 0.211. The number of fused-ring (bicyclic) bond motifs is 1. The predicted molar refractivity (Wildman–Crippen MR) is 134 cm³/mol. The van der Waals surface area contributed by atoms with Gasteiger partial charge >= 0.3 is 12.1 Å². The van der Waals surface area contributed by atoms with Crippen LogP contribution in [0.5, 0.6) is 0 Å². The molecule has 3 aromatic rings. The standard InChI is InChI=1S/C23H29N7O5S/c1-29(2)10-9-25-23(32)35-18-17(34-22(31)14-7-5-4-6-8-14)15(11-36-3)33-21(18)30-13-28-16-19(24)26-12-27-20(16)30/h4-8,12-13,15,17-18,21H,9-11H2,1-3H3,(H,25,32)(H2,24,26,27). The number of carbonyl (C=O) groups is 2. The third kappa shape index (κ3) is 5.69. The van der Waals surface area contributed by atoms with Crippen LogP contribution in [0, 0.1) is 0 Å². The number of nitrogens with two attached hydrogens (primary N) is 1. The van der Waals surface area contributed by atoms with E-state index >= 15 is 0 Å². The highest BCUT2D eigenvalue weighted by atomic mass is 32.2. The van der Waals surface area contributed by atoms with Gasteiger partial charge in [-0.1, -0.05) is 18.2 Å². The zero-order chi connectivity index (χ0) is 25.7. The number of anilines is 1. The summed E-state index contributed by atoms with van der Waals surface area (Å²) >= 11 is 1.52. The third-order valence-electron chi connectivity index (χ3n) is 5.60. The van der Waals surface area contributed by atoms with E-state index < -0.39 is 36.6 Å². The average Bonchev–Trinajstić information content (AvgIpc) is 3.42. The van der Waals surface area contributed by atoms with E-state index in [1.54, 1.807) is 28.8 Å². The van der Waals surface area contributed by atoms with E-state index in [-0.39, 0.29) is 5.82 Å². The number of nitrogen functional groups attached to an aromatic ring is 1. The number of rotatable bonds is 9. The summed E-state index contributed by atoms with van der Waals surface area (Å²) in [5.74, 6) is 0.165. The highest BCUT2D eigenvalue weighted by Gasteiger charge is 2.51. The van der Waals surface area contributed by atoms with Crippen LogP contribution in [0.25, 0.3) is 11.2 Å². The Kier molecular flexibility index (Phi) is 8.23. The summed E-state index contributed by atoms with van der Waals surface area (Å²) in [4.78, 5) is 40.2. The van der Waals surface area contributed by atoms with Crippen molar-refractivity contribution in [3.63, 3.8) is 0 Å². The number of imidazole rings is 1. The molecule has 0 saturated carbocycles. The van der Waals surface area contributed by atoms with Crippen molar-refractivity contribution in [2.75, 3.05) is 44.9 Å². The van der Waals surface area contributed by atoms with Crippen LogP contribution in [0.4, 0.5) is 10.6 Å². The number of hydrogen-bond donors (Lipinski definition) is 2. The molecule has 13 heteroatoms. The van der Waals surface area contributed by atoms with Gasteiger partial charge < -0.3 is 30.2 Å². The van der Waals surface area contributed by atoms with E-state index in [4.69, 9.17) is 19.9 Å². The van der Waals surface area contributed by atoms with Gasteiger partial charge in [0.15, 0.2) is 29.9 Å². The Labute approximate surface area is 212 Å². The summed E-state index contributed by atoms with van der Waals surface area (Å²) in [7, 11) is 3.80. The Balaban J connectivity index is 1.66. The number of esters is 1. The van der Waals surface area contributed by atoms with Crippen LogP contribution in [-0.4, -0.2) is 94.0 Å². The van der Waals surface area contributed by atoms with Gasteiger partial charge in [-0.05, 0) is 32.5 Å². The molecule has 2 aromatic heterocycles. The Hall–Kier alpha value is -3.42. The SMILES string of the molecule is CSCC1OC(n2cnc3c(N)ncnc32)C(OC(=O)NCCN(C)C)C1OC(=O)c1ccccc1. The van der Waals surface area contributed by atoms with Crippen LogP contribution in [0.2, 0.25) is 0 Å². The maximum absolute atomic E-state index is 13.0. The van der Waals surface area contributed by atoms with E-state index in [2.05, 4.69) is 20.3 Å². The number of hydrogen-bond acceptors (Lipinski definition) is 11. The number of alkyl carbamates (subject to hydrolysis) is 1. The maximum Gasteiger partial charge on any atom is 0.407 e. The van der Waals surface area contributed by atoms with Gasteiger partial charge in [-0.2, -0.15) is 11.8 Å². The van der Waals surface area contributed by atoms with Gasteiger partial charge in [0.05, 0.1) is 11.9 Å². The van der Waals surface area contributed by atoms with E-state index in [1.165, 1.54) is 24.4 Å². The first-order valence-corrected chi connectivity index (χ1v) is 12.7. The number of amides is 1. The molecular weight excluding hydrogens is 486 g/mol. The second-order valence-corrected chi connectivity index (χ2v) is 9.35. The Morgan fingerprint density at radius 1 is 1.17 bits per heavy atom. The number of benzene rings is 1. The number of nitrogens with one attached hydrogen (secondary N) is 1. The van der Waals surface area contributed by atoms with Gasteiger partial charge in [0, 0.05) is 18.8 Å². The maximum atomic E-state index is 13.0. The normalized spacial score (nSPS) is 21.6. The first-order chi connectivity index (χ1) is 17.4. The molecule has 1 saturated heterocycles. The zero-order valence-electron chi connectivity index (χ0n) is 20.2. The summed E-state index contributed by atoms with van der Waals surface area (Å²) < 4.78 is 19.7. The molecule has 12 nitrogen and oxygen atoms in total. The molecule has 0 aliphatic carbocycles. The zero-order valence-corrected chi connectivity index (χ0v) is 21.1. The lowest BCUT2D eigenvalue weighted by Gasteiger charge is -2.25. The Morgan fingerprint density at radius 2 is 1.94 bits per heavy atom. The predicted octanol–water partition coefficient (Wildman–Crippen LogP) is 1.55. The van der Waals surface area contributed by atoms with Crippen LogP contribution in [0.3, 0.4) is 0 Å². The van der Waals surface area contributed by atoms with Crippen LogP contribution < -0.4 is 11.1 Å². The molecule has 36 heavy (non-hydrogen) atoms. The first kappa shape index (κ1) is 25.7. The van der Waals surface area contributed by atoms with Gasteiger partial charge in [-0.3, -0.25) is 4.57 Å². The van der Waals surface area contributed by atoms with Crippen molar-refractivity contribution in [1.29, 1.82) is 0 Å². The highest BCUT2D eigenvalue weighted by Crippen LogP contribution is 2.37. The van der Waals surface area contributed by atoms with Crippen molar-refractivity contribution in [3.8, 4) is 0 Å². The molecular formula is C23H29N7O5S. The molecule has 1 aliphatic rings. The molecule has 0 spiro atoms. The molecule has 1 fully saturated rings. The largest absolute Gasteiger partial charge is 0.452 e. The quantitative estimate of drug-likeness (QED) is 0.400. The Morgan fingerprint density at radius 3 is 2.67 bits per heavy atom. The van der Waals surface area contributed by atoms with Gasteiger partial charge in [0.1, 0.15) is 17.9 Å². The number of ether oxygens (including phenoxy) is 3. The fraction of sp³-hybridized carbons (Fsp3) is 0.435. The van der Waals surface area contributed by atoms with Crippen LogP contribution in [-0.2, 0) is 14.2 Å². The number of aromatic nitrogens is 4. The molecule has 4 unspecified atom stereocenters. The van der Waals surface area contributed by atoms with Crippen LogP contribution in [0.15, 0.2) is 43.0 Å². The smallest absolute Gasteiger partial charge is 0.407 e. The average molecular weight is 516 g/mol. The fourth-order valence-electron chi connectivity index (χ4n) is 3.87. The van der Waals surface area contributed by atoms with Gasteiger partial charge in [-0.25, -0.2) is 24.5 Å². The van der Waals surface area contributed by atoms with Crippen molar-refractivity contribution in [2.45, 2.75) is 24.5 Å². The molecule has 3 N–H and O–H groups in total. The summed E-state index contributed by atoms with van der Waals surface area (Å²) in [5, 5.41) is 2.73. The van der Waals surface area contributed by atoms with Crippen molar-refractivity contribution in [1.82, 2.24) is 29.7 Å². The van der Waals surface area contributed by atoms with Crippen molar-refractivity contribution in [2.24, 2.45) is 0 Å². The second kappa shape index (κ2) is 11.5. The third-order valence-corrected chi connectivity index (χ3v) is 6.26. The molecule has 1 aromatic carbocycles. The number of nitrogens with zero attached hydrogens (tertiary/aromatic N) is 5. The first-order valence-electron chi connectivity index (χ1n) is 11.3. The number of likely N-dealkylation sites (N-methyl/N-ethyl adjacent to an activating group) is 1. The summed E-state index contributed by atoms with van der Waals surface area (Å²) in [6.45, 7) is 1.01. The molecule has 0 bridgehead atoms. The highest BCUT2D eigenvalue weighted by molar-refractivity contribution is 7.98. The fourth-order valence-corrected chi connectivity index (χ4v) is 4.46. The number of thioether (sulfide) groups is 1. The van der Waals surface area contributed by atoms with Gasteiger partial charge in [0.2, 0.25) is 0 Å². The molecule has 3 heterocycles. The van der Waals surface area contributed by atoms with E-state index in [9.17, 15) is 9.59 Å². The summed E-state index contributed by atoms with van der Waals surface area (Å²) in [6.07, 6.45) is 0.785. The molecule has 192 valence electrons. The molecule has 4 atom stereocenters. The van der Waals surface area contributed by atoms with Crippen molar-refractivity contribution < 1.29 is 23.8 Å². The van der Waals surface area contributed by atoms with Crippen molar-refractivity contribution >= 4 is 40.8 Å². The minimum atomic E-state index is -0.984. The summed E-state index contributed by atoms with van der Waals surface area (Å²) in [5.41, 5.74) is 7.14. The van der Waals surface area contributed by atoms with Crippen LogP contribution >= 0.6 is 11.8 Å². The monoisotopic (exact) mass is 515 g/mol. The van der Waals surface area contributed by atoms with E-state index in [0.29, 0.717) is 35.6 Å². The molecule has 1 aliphatic heterocycles. The number of carbonyl (C=O) groups excluding carboxylic acids is 2. The lowest BCUT2D eigenvalue weighted by Crippen LogP contribution is -2.43. The van der Waals surface area contributed by atoms with Gasteiger partial charge in [-0.15, -0.1) is 0 Å². The van der Waals surface area contributed by atoms with Crippen molar-refractivity contribution in [3.05, 3.63) is 48.5 Å². The van der Waals surface area contributed by atoms with Crippen LogP contribution in [0.1, 0.15) is 16.6 Å². The lowest BCUT2D eigenvalue weighted by molar-refractivity contribution is -0.0371.